The fourth-order valence-corrected chi connectivity index (χ4v) is 2.46. The molecule has 4 nitrogen and oxygen atoms in total. The zero-order valence-electron chi connectivity index (χ0n) is 11.1. The Balaban J connectivity index is 2.32. The van der Waals surface area contributed by atoms with Crippen LogP contribution in [0.5, 0.6) is 11.6 Å². The molecule has 6 heteroatoms. The molecule has 1 heterocycles. The Hall–Kier alpha value is -1.33. The van der Waals surface area contributed by atoms with E-state index in [-0.39, 0.29) is 11.4 Å². The molecule has 1 aromatic heterocycles. The molecule has 0 radical (unpaired) electrons. The van der Waals surface area contributed by atoms with E-state index in [9.17, 15) is 4.79 Å². The van der Waals surface area contributed by atoms with Crippen LogP contribution in [0.3, 0.4) is 0 Å². The van der Waals surface area contributed by atoms with E-state index in [1.807, 2.05) is 13.8 Å². The third kappa shape index (κ3) is 3.61. The van der Waals surface area contributed by atoms with E-state index in [4.69, 9.17) is 16.3 Å². The first kappa shape index (κ1) is 15.1. The Labute approximate surface area is 130 Å². The van der Waals surface area contributed by atoms with E-state index in [1.165, 1.54) is 0 Å². The van der Waals surface area contributed by atoms with Crippen molar-refractivity contribution in [2.24, 2.45) is 5.92 Å². The van der Waals surface area contributed by atoms with Gasteiger partial charge in [-0.3, -0.25) is 4.79 Å². The Kier molecular flexibility index (Phi) is 4.83. The first-order chi connectivity index (χ1) is 9.47. The molecule has 0 atom stereocenters. The van der Waals surface area contributed by atoms with Crippen LogP contribution in [0.25, 0.3) is 0 Å². The van der Waals surface area contributed by atoms with Crippen molar-refractivity contribution in [3.05, 3.63) is 50.4 Å². The third-order valence-corrected chi connectivity index (χ3v) is 3.40. The minimum Gasteiger partial charge on any atom is -0.433 e. The maximum atomic E-state index is 12.2. The van der Waals surface area contributed by atoms with Crippen LogP contribution in [-0.2, 0) is 6.54 Å². The van der Waals surface area contributed by atoms with Gasteiger partial charge in [0.25, 0.3) is 5.88 Å². The summed E-state index contributed by atoms with van der Waals surface area (Å²) in [6.07, 6.45) is 3.22. The van der Waals surface area contributed by atoms with Crippen molar-refractivity contribution in [1.82, 2.24) is 9.55 Å². The second-order valence-corrected chi connectivity index (χ2v) is 6.05. The summed E-state index contributed by atoms with van der Waals surface area (Å²) in [5.74, 6) is 0.919. The van der Waals surface area contributed by atoms with Gasteiger partial charge in [0.2, 0.25) is 0 Å². The van der Waals surface area contributed by atoms with E-state index >= 15 is 0 Å². The number of benzene rings is 1. The van der Waals surface area contributed by atoms with E-state index in [1.54, 1.807) is 35.2 Å². The Morgan fingerprint density at radius 1 is 1.45 bits per heavy atom. The molecule has 0 unspecified atom stereocenters. The molecule has 106 valence electrons. The van der Waals surface area contributed by atoms with Gasteiger partial charge in [0.15, 0.2) is 0 Å². The van der Waals surface area contributed by atoms with Gasteiger partial charge in [0.1, 0.15) is 5.75 Å². The quantitative estimate of drug-likeness (QED) is 0.827. The number of aromatic nitrogens is 2. The monoisotopic (exact) mass is 356 g/mol. The van der Waals surface area contributed by atoms with Crippen LogP contribution in [0, 0.1) is 5.92 Å². The van der Waals surface area contributed by atoms with Crippen molar-refractivity contribution < 1.29 is 4.74 Å². The standard InChI is InChI=1S/C14H14BrClN2O2/c1-9(2)8-18-6-5-17-13(14(18)19)20-12-4-3-10(16)7-11(12)15/h3-7,9H,8H2,1-2H3. The van der Waals surface area contributed by atoms with Gasteiger partial charge in [-0.2, -0.15) is 0 Å². The van der Waals surface area contributed by atoms with Gasteiger partial charge in [-0.15, -0.1) is 0 Å². The molecule has 0 aliphatic heterocycles. The summed E-state index contributed by atoms with van der Waals surface area (Å²) in [7, 11) is 0. The average Bonchev–Trinajstić information content (AvgIpc) is 2.36. The summed E-state index contributed by atoms with van der Waals surface area (Å²) >= 11 is 9.21. The first-order valence-corrected chi connectivity index (χ1v) is 7.33. The average molecular weight is 358 g/mol. The van der Waals surface area contributed by atoms with Crippen LogP contribution in [0.1, 0.15) is 13.8 Å². The number of halogens is 2. The Morgan fingerprint density at radius 2 is 2.20 bits per heavy atom. The molecular weight excluding hydrogens is 344 g/mol. The highest BCUT2D eigenvalue weighted by atomic mass is 79.9. The Bertz CT molecular complexity index is 670. The highest BCUT2D eigenvalue weighted by Crippen LogP contribution is 2.30. The first-order valence-electron chi connectivity index (χ1n) is 6.15. The van der Waals surface area contributed by atoms with Crippen molar-refractivity contribution in [3.8, 4) is 11.6 Å². The van der Waals surface area contributed by atoms with Gasteiger partial charge in [-0.25, -0.2) is 4.98 Å². The number of hydrogen-bond acceptors (Lipinski definition) is 3. The molecule has 20 heavy (non-hydrogen) atoms. The molecule has 2 aromatic rings. The molecule has 0 aliphatic carbocycles. The largest absolute Gasteiger partial charge is 0.433 e. The molecule has 2 rings (SSSR count). The summed E-state index contributed by atoms with van der Waals surface area (Å²) in [6, 6.07) is 5.08. The third-order valence-electron chi connectivity index (χ3n) is 2.54. The van der Waals surface area contributed by atoms with Crippen LogP contribution >= 0.6 is 27.5 Å². The van der Waals surface area contributed by atoms with Gasteiger partial charge in [0, 0.05) is 24.0 Å². The molecule has 1 aromatic carbocycles. The van der Waals surface area contributed by atoms with E-state index in [0.717, 1.165) is 0 Å². The van der Waals surface area contributed by atoms with E-state index < -0.39 is 0 Å². The summed E-state index contributed by atoms with van der Waals surface area (Å²) < 4.78 is 7.83. The number of rotatable bonds is 4. The van der Waals surface area contributed by atoms with Gasteiger partial charge >= 0.3 is 5.56 Å². The number of hydrogen-bond donors (Lipinski definition) is 0. The van der Waals surface area contributed by atoms with Crippen LogP contribution < -0.4 is 10.3 Å². The van der Waals surface area contributed by atoms with Gasteiger partial charge < -0.3 is 9.30 Å². The lowest BCUT2D eigenvalue weighted by Crippen LogP contribution is -2.23. The second-order valence-electron chi connectivity index (χ2n) is 4.76. The maximum Gasteiger partial charge on any atom is 0.313 e. The molecule has 0 bridgehead atoms. The molecular formula is C14H14BrClN2O2. The fourth-order valence-electron chi connectivity index (χ4n) is 1.70. The number of nitrogens with zero attached hydrogens (tertiary/aromatic N) is 2. The van der Waals surface area contributed by atoms with E-state index in [0.29, 0.717) is 27.7 Å². The Morgan fingerprint density at radius 3 is 2.85 bits per heavy atom. The van der Waals surface area contributed by atoms with Crippen molar-refractivity contribution >= 4 is 27.5 Å². The zero-order valence-corrected chi connectivity index (χ0v) is 13.5. The summed E-state index contributed by atoms with van der Waals surface area (Å²) in [5.41, 5.74) is -0.247. The van der Waals surface area contributed by atoms with Crippen LogP contribution in [-0.4, -0.2) is 9.55 Å². The molecule has 0 saturated carbocycles. The van der Waals surface area contributed by atoms with Crippen molar-refractivity contribution in [1.29, 1.82) is 0 Å². The van der Waals surface area contributed by atoms with Gasteiger partial charge in [-0.1, -0.05) is 25.4 Å². The minimum atomic E-state index is -0.247. The predicted octanol–water partition coefficient (Wildman–Crippen LogP) is 4.11. The minimum absolute atomic E-state index is 0.0520. The lowest BCUT2D eigenvalue weighted by atomic mass is 10.2. The molecule has 0 saturated heterocycles. The van der Waals surface area contributed by atoms with Gasteiger partial charge in [-0.05, 0) is 40.0 Å². The molecule has 0 fully saturated rings. The van der Waals surface area contributed by atoms with Crippen LogP contribution in [0.2, 0.25) is 5.02 Å². The van der Waals surface area contributed by atoms with Crippen molar-refractivity contribution in [2.45, 2.75) is 20.4 Å². The van der Waals surface area contributed by atoms with E-state index in [2.05, 4.69) is 20.9 Å². The SMILES string of the molecule is CC(C)Cn1ccnc(Oc2ccc(Cl)cc2Br)c1=O. The van der Waals surface area contributed by atoms with Crippen LogP contribution in [0.15, 0.2) is 39.9 Å². The summed E-state index contributed by atoms with van der Waals surface area (Å²) in [5, 5.41) is 0.586. The van der Waals surface area contributed by atoms with Crippen molar-refractivity contribution in [2.75, 3.05) is 0 Å². The van der Waals surface area contributed by atoms with Crippen molar-refractivity contribution in [3.63, 3.8) is 0 Å². The second kappa shape index (κ2) is 6.41. The topological polar surface area (TPSA) is 44.1 Å². The maximum absolute atomic E-state index is 12.2. The molecule has 0 N–H and O–H groups in total. The fraction of sp³-hybridized carbons (Fsp3) is 0.286. The number of ether oxygens (including phenoxy) is 1. The smallest absolute Gasteiger partial charge is 0.313 e. The predicted molar refractivity (Wildman–Crippen MR) is 82.6 cm³/mol. The lowest BCUT2D eigenvalue weighted by molar-refractivity contribution is 0.430. The normalized spacial score (nSPS) is 10.8. The molecule has 0 spiro atoms. The summed E-state index contributed by atoms with van der Waals surface area (Å²) in [6.45, 7) is 4.71. The van der Waals surface area contributed by atoms with Gasteiger partial charge in [0.05, 0.1) is 4.47 Å². The summed E-state index contributed by atoms with van der Waals surface area (Å²) in [4.78, 5) is 16.2. The highest BCUT2D eigenvalue weighted by Gasteiger charge is 2.10. The molecule has 0 aliphatic rings. The zero-order chi connectivity index (χ0) is 14.7. The lowest BCUT2D eigenvalue weighted by Gasteiger charge is -2.11. The van der Waals surface area contributed by atoms with Crippen LogP contribution in [0.4, 0.5) is 0 Å². The highest BCUT2D eigenvalue weighted by molar-refractivity contribution is 9.10. The molecule has 0 amide bonds.